The quantitative estimate of drug-likeness (QED) is 0.343. The summed E-state index contributed by atoms with van der Waals surface area (Å²) < 4.78 is 10.00. The van der Waals surface area contributed by atoms with Crippen LogP contribution >= 0.6 is 0 Å². The number of hydrogen-bond acceptors (Lipinski definition) is 6. The molecule has 0 spiro atoms. The number of carbonyl (C=O) groups excluding carboxylic acids is 2. The van der Waals surface area contributed by atoms with Gasteiger partial charge in [-0.15, -0.1) is 0 Å². The zero-order valence-corrected chi connectivity index (χ0v) is 15.6. The molecule has 1 aromatic heterocycles. The number of methoxy groups -OCH3 is 1. The number of hydrogen-bond donors (Lipinski definition) is 0. The largest absolute Gasteiger partial charge is 0.467 e. The van der Waals surface area contributed by atoms with E-state index in [1.807, 2.05) is 30.3 Å². The molecule has 0 radical (unpaired) electrons. The number of esters is 1. The van der Waals surface area contributed by atoms with E-state index in [0.29, 0.717) is 5.76 Å². The van der Waals surface area contributed by atoms with Crippen molar-refractivity contribution < 1.29 is 23.7 Å². The number of benzene rings is 2. The first-order chi connectivity index (χ1) is 14.0. The number of rotatable bonds is 7. The molecule has 0 N–H and O–H groups in total. The summed E-state index contributed by atoms with van der Waals surface area (Å²) in [4.78, 5) is 37.2. The Morgan fingerprint density at radius 2 is 1.76 bits per heavy atom. The third-order valence-electron chi connectivity index (χ3n) is 4.23. The van der Waals surface area contributed by atoms with Gasteiger partial charge in [0.05, 0.1) is 30.4 Å². The van der Waals surface area contributed by atoms with E-state index in [-0.39, 0.29) is 29.9 Å². The lowest BCUT2D eigenvalue weighted by atomic mass is 10.1. The number of nitrogens with zero attached hydrogens (tertiary/aromatic N) is 2. The molecular formula is C21H18N2O6. The van der Waals surface area contributed by atoms with Crippen LogP contribution in [0.25, 0.3) is 0 Å². The van der Waals surface area contributed by atoms with Gasteiger partial charge in [0.1, 0.15) is 5.76 Å². The first-order valence-corrected chi connectivity index (χ1v) is 8.71. The molecule has 1 amide bonds. The molecule has 0 atom stereocenters. The number of nitro benzene ring substituents is 1. The van der Waals surface area contributed by atoms with E-state index in [1.54, 1.807) is 12.1 Å². The van der Waals surface area contributed by atoms with Crippen molar-refractivity contribution in [2.75, 3.05) is 7.11 Å². The minimum absolute atomic E-state index is 0.0158. The van der Waals surface area contributed by atoms with Crippen molar-refractivity contribution in [1.29, 1.82) is 0 Å². The summed E-state index contributed by atoms with van der Waals surface area (Å²) in [7, 11) is 1.17. The molecule has 3 aromatic rings. The van der Waals surface area contributed by atoms with Crippen molar-refractivity contribution in [3.05, 3.63) is 99.5 Å². The summed E-state index contributed by atoms with van der Waals surface area (Å²) in [6.45, 7) is 0.424. The average molecular weight is 394 g/mol. The molecular weight excluding hydrogens is 376 g/mol. The molecule has 0 saturated carbocycles. The summed E-state index contributed by atoms with van der Waals surface area (Å²) in [6, 6.07) is 16.3. The van der Waals surface area contributed by atoms with Crippen LogP contribution in [0.1, 0.15) is 32.0 Å². The van der Waals surface area contributed by atoms with Crippen LogP contribution in [0.2, 0.25) is 0 Å². The lowest BCUT2D eigenvalue weighted by Gasteiger charge is -2.22. The number of furan rings is 1. The highest BCUT2D eigenvalue weighted by Crippen LogP contribution is 2.21. The van der Waals surface area contributed by atoms with Crippen LogP contribution in [0, 0.1) is 10.1 Å². The Bertz CT molecular complexity index is 1010. The zero-order chi connectivity index (χ0) is 20.8. The van der Waals surface area contributed by atoms with Gasteiger partial charge >= 0.3 is 5.97 Å². The van der Waals surface area contributed by atoms with Gasteiger partial charge in [0.15, 0.2) is 0 Å². The van der Waals surface area contributed by atoms with E-state index < -0.39 is 16.8 Å². The predicted molar refractivity (Wildman–Crippen MR) is 103 cm³/mol. The number of amides is 1. The minimum Gasteiger partial charge on any atom is -0.467 e. The Morgan fingerprint density at radius 1 is 1.03 bits per heavy atom. The standard InChI is InChI=1S/C21H18N2O6/c1-28-21(25)17-10-16(11-18(12-17)23(26)27)20(24)22(14-19-8-5-9-29-19)13-15-6-3-2-4-7-15/h2-12H,13-14H2,1H3. The number of carbonyl (C=O) groups is 2. The molecule has 2 aromatic carbocycles. The van der Waals surface area contributed by atoms with E-state index in [9.17, 15) is 19.7 Å². The van der Waals surface area contributed by atoms with Crippen molar-refractivity contribution in [2.24, 2.45) is 0 Å². The van der Waals surface area contributed by atoms with Crippen molar-refractivity contribution in [3.63, 3.8) is 0 Å². The van der Waals surface area contributed by atoms with Gasteiger partial charge in [-0.3, -0.25) is 14.9 Å². The molecule has 3 rings (SSSR count). The van der Waals surface area contributed by atoms with Crippen LogP contribution in [0.5, 0.6) is 0 Å². The maximum absolute atomic E-state index is 13.2. The summed E-state index contributed by atoms with van der Waals surface area (Å²) in [5.41, 5.74) is 0.463. The molecule has 0 aliphatic heterocycles. The fourth-order valence-corrected chi connectivity index (χ4v) is 2.85. The van der Waals surface area contributed by atoms with Crippen LogP contribution in [0.3, 0.4) is 0 Å². The maximum Gasteiger partial charge on any atom is 0.338 e. The van der Waals surface area contributed by atoms with Crippen molar-refractivity contribution in [3.8, 4) is 0 Å². The average Bonchev–Trinajstić information content (AvgIpc) is 3.25. The molecule has 8 nitrogen and oxygen atoms in total. The minimum atomic E-state index is -0.761. The second-order valence-corrected chi connectivity index (χ2v) is 6.24. The Hall–Kier alpha value is -3.94. The molecule has 29 heavy (non-hydrogen) atoms. The van der Waals surface area contributed by atoms with E-state index in [2.05, 4.69) is 4.74 Å². The second kappa shape index (κ2) is 8.83. The number of non-ortho nitro benzene ring substituents is 1. The van der Waals surface area contributed by atoms with Gasteiger partial charge in [0.2, 0.25) is 0 Å². The van der Waals surface area contributed by atoms with Gasteiger partial charge in [-0.05, 0) is 23.8 Å². The third-order valence-corrected chi connectivity index (χ3v) is 4.23. The van der Waals surface area contributed by atoms with E-state index in [4.69, 9.17) is 4.42 Å². The zero-order valence-electron chi connectivity index (χ0n) is 15.6. The first-order valence-electron chi connectivity index (χ1n) is 8.71. The van der Waals surface area contributed by atoms with Crippen LogP contribution in [0.4, 0.5) is 5.69 Å². The maximum atomic E-state index is 13.2. The number of nitro groups is 1. The SMILES string of the molecule is COC(=O)c1cc(C(=O)N(Cc2ccccc2)Cc2ccco2)cc([N+](=O)[O-])c1. The van der Waals surface area contributed by atoms with Gasteiger partial charge in [-0.2, -0.15) is 0 Å². The summed E-state index contributed by atoms with van der Waals surface area (Å²) >= 11 is 0. The summed E-state index contributed by atoms with van der Waals surface area (Å²) in [5, 5.41) is 11.3. The molecule has 1 heterocycles. The first kappa shape index (κ1) is 19.8. The van der Waals surface area contributed by atoms with Crippen LogP contribution in [0.15, 0.2) is 71.3 Å². The van der Waals surface area contributed by atoms with E-state index >= 15 is 0 Å². The summed E-state index contributed by atoms with van der Waals surface area (Å²) in [6.07, 6.45) is 1.50. The normalized spacial score (nSPS) is 10.4. The highest BCUT2D eigenvalue weighted by atomic mass is 16.6. The van der Waals surface area contributed by atoms with Gasteiger partial charge in [-0.25, -0.2) is 4.79 Å². The number of ether oxygens (including phenoxy) is 1. The molecule has 0 saturated heterocycles. The molecule has 8 heteroatoms. The van der Waals surface area contributed by atoms with Gasteiger partial charge in [-0.1, -0.05) is 30.3 Å². The van der Waals surface area contributed by atoms with Crippen LogP contribution < -0.4 is 0 Å². The second-order valence-electron chi connectivity index (χ2n) is 6.24. The Kier molecular flexibility index (Phi) is 6.03. The van der Waals surface area contributed by atoms with Crippen molar-refractivity contribution in [2.45, 2.75) is 13.1 Å². The Labute approximate surface area is 166 Å². The molecule has 0 aliphatic rings. The highest BCUT2D eigenvalue weighted by Gasteiger charge is 2.23. The molecule has 0 bridgehead atoms. The molecule has 148 valence electrons. The lowest BCUT2D eigenvalue weighted by Crippen LogP contribution is -2.30. The topological polar surface area (TPSA) is 103 Å². The van der Waals surface area contributed by atoms with Crippen molar-refractivity contribution >= 4 is 17.6 Å². The van der Waals surface area contributed by atoms with Crippen molar-refractivity contribution in [1.82, 2.24) is 4.90 Å². The smallest absolute Gasteiger partial charge is 0.338 e. The van der Waals surface area contributed by atoms with Gasteiger partial charge in [0.25, 0.3) is 11.6 Å². The summed E-state index contributed by atoms with van der Waals surface area (Å²) in [5.74, 6) is -0.671. The fraction of sp³-hybridized carbons (Fsp3) is 0.143. The molecule has 0 fully saturated rings. The van der Waals surface area contributed by atoms with Gasteiger partial charge in [0, 0.05) is 24.2 Å². The predicted octanol–water partition coefficient (Wildman–Crippen LogP) is 3.82. The monoisotopic (exact) mass is 394 g/mol. The van der Waals surface area contributed by atoms with E-state index in [0.717, 1.165) is 17.7 Å². The van der Waals surface area contributed by atoms with Crippen LogP contribution in [-0.4, -0.2) is 28.8 Å². The van der Waals surface area contributed by atoms with Crippen LogP contribution in [-0.2, 0) is 17.8 Å². The third kappa shape index (κ3) is 4.86. The Balaban J connectivity index is 1.98. The van der Waals surface area contributed by atoms with E-state index in [1.165, 1.54) is 24.3 Å². The Morgan fingerprint density at radius 3 is 2.38 bits per heavy atom. The molecule has 0 unspecified atom stereocenters. The van der Waals surface area contributed by atoms with Gasteiger partial charge < -0.3 is 14.1 Å². The highest BCUT2D eigenvalue weighted by molar-refractivity contribution is 5.99. The lowest BCUT2D eigenvalue weighted by molar-refractivity contribution is -0.384. The fourth-order valence-electron chi connectivity index (χ4n) is 2.85. The molecule has 0 aliphatic carbocycles.